The van der Waals surface area contributed by atoms with Gasteiger partial charge in [0.2, 0.25) is 5.91 Å². The van der Waals surface area contributed by atoms with Crippen LogP contribution in [0.2, 0.25) is 0 Å². The number of aliphatic hydroxyl groups excluding tert-OH is 1. The van der Waals surface area contributed by atoms with Gasteiger partial charge in [-0.2, -0.15) is 0 Å². The second kappa shape index (κ2) is 19.4. The van der Waals surface area contributed by atoms with Crippen molar-refractivity contribution >= 4 is 35.4 Å². The summed E-state index contributed by atoms with van der Waals surface area (Å²) in [5.74, 6) is 0.104. The van der Waals surface area contributed by atoms with Gasteiger partial charge in [-0.05, 0) is 63.7 Å². The van der Waals surface area contributed by atoms with E-state index in [2.05, 4.69) is 22.9 Å². The highest BCUT2D eigenvalue weighted by Gasteiger charge is 2.38. The molecule has 0 aromatic heterocycles. The largest absolute Gasteiger partial charge is 0.467 e. The van der Waals surface area contributed by atoms with E-state index in [4.69, 9.17) is 14.2 Å². The fourth-order valence-corrected chi connectivity index (χ4v) is 7.66. The lowest BCUT2D eigenvalue weighted by molar-refractivity contribution is -0.268. The molecule has 0 spiro atoms. The predicted octanol–water partition coefficient (Wildman–Crippen LogP) is 7.97. The van der Waals surface area contributed by atoms with Crippen molar-refractivity contribution in [3.8, 4) is 11.1 Å². The summed E-state index contributed by atoms with van der Waals surface area (Å²) in [6.45, 7) is 3.87. The Kier molecular flexibility index (Phi) is 13.9. The Morgan fingerprint density at radius 2 is 1.48 bits per heavy atom. The molecule has 3 amide bonds. The van der Waals surface area contributed by atoms with E-state index in [-0.39, 0.29) is 37.2 Å². The molecular weight excluding hydrogens is 727 g/mol. The molecule has 1 aliphatic rings. The lowest BCUT2D eigenvalue weighted by Crippen LogP contribution is -2.47. The molecule has 5 aromatic carbocycles. The SMILES string of the molecule is COC(=O)[C@H](Cc1ccccc1)NC(=O)NCc1cccc(-c2ccc([C@H]3O[C@@H](CSc4ccc(NC(C)=O)cc4)[C@@H](C)[C@@H](c4ccc(CO)cc4)O3)cc2)c1. The molecule has 56 heavy (non-hydrogen) atoms. The van der Waals surface area contributed by atoms with Gasteiger partial charge in [0.05, 0.1) is 25.9 Å². The minimum Gasteiger partial charge on any atom is -0.467 e. The van der Waals surface area contributed by atoms with E-state index in [1.165, 1.54) is 14.0 Å². The number of anilines is 1. The van der Waals surface area contributed by atoms with Gasteiger partial charge in [-0.3, -0.25) is 4.79 Å². The Labute approximate surface area is 332 Å². The highest BCUT2D eigenvalue weighted by molar-refractivity contribution is 7.99. The molecule has 0 radical (unpaired) electrons. The third-order valence-corrected chi connectivity index (χ3v) is 10.8. The molecule has 4 N–H and O–H groups in total. The maximum Gasteiger partial charge on any atom is 0.328 e. The Morgan fingerprint density at radius 3 is 2.16 bits per heavy atom. The van der Waals surface area contributed by atoms with E-state index in [0.29, 0.717) is 12.2 Å². The van der Waals surface area contributed by atoms with Crippen LogP contribution in [-0.2, 0) is 43.4 Å². The number of nitrogens with one attached hydrogen (secondary N) is 3. The number of carbonyl (C=O) groups is 3. The van der Waals surface area contributed by atoms with Crippen LogP contribution in [0.15, 0.2) is 132 Å². The van der Waals surface area contributed by atoms with E-state index in [1.54, 1.807) is 11.8 Å². The minimum atomic E-state index is -0.821. The molecule has 0 unspecified atom stereocenters. The molecule has 1 fully saturated rings. The second-order valence-electron chi connectivity index (χ2n) is 13.8. The van der Waals surface area contributed by atoms with Crippen molar-refractivity contribution in [3.63, 3.8) is 0 Å². The van der Waals surface area contributed by atoms with Gasteiger partial charge in [0, 0.05) is 47.7 Å². The van der Waals surface area contributed by atoms with Crippen LogP contribution in [0.25, 0.3) is 11.1 Å². The standard InChI is InChI=1S/C45H47N3O7S/c1-29-41(28-56-39-22-20-38(21-23-39)47-30(2)50)54-44(55-42(29)35-14-12-32(27-49)13-15-35)36-18-16-34(17-19-36)37-11-7-10-33(24-37)26-46-45(52)48-40(43(51)53-3)25-31-8-5-4-6-9-31/h4-24,29,40-42,44,49H,25-28H2,1-3H3,(H,47,50)(H2,46,48,52)/t29-,40+,41+,42+,44+/m1/s1. The topological polar surface area (TPSA) is 135 Å². The lowest BCUT2D eigenvalue weighted by Gasteiger charge is -2.41. The number of hydrogen-bond donors (Lipinski definition) is 4. The van der Waals surface area contributed by atoms with Crippen molar-refractivity contribution in [1.29, 1.82) is 0 Å². The van der Waals surface area contributed by atoms with E-state index < -0.39 is 24.3 Å². The average molecular weight is 774 g/mol. The highest BCUT2D eigenvalue weighted by atomic mass is 32.2. The number of methoxy groups -OCH3 is 1. The molecule has 1 heterocycles. The summed E-state index contributed by atoms with van der Waals surface area (Å²) >= 11 is 1.69. The number of thioether (sulfide) groups is 1. The summed E-state index contributed by atoms with van der Waals surface area (Å²) in [5, 5.41) is 18.0. The third-order valence-electron chi connectivity index (χ3n) is 9.68. The number of rotatable bonds is 14. The summed E-state index contributed by atoms with van der Waals surface area (Å²) in [6.07, 6.45) is -0.674. The molecule has 1 aliphatic heterocycles. The molecule has 5 aromatic rings. The first-order valence-corrected chi connectivity index (χ1v) is 19.5. The van der Waals surface area contributed by atoms with Crippen LogP contribution < -0.4 is 16.0 Å². The summed E-state index contributed by atoms with van der Waals surface area (Å²) in [6, 6.07) is 39.9. The highest BCUT2D eigenvalue weighted by Crippen LogP contribution is 2.43. The minimum absolute atomic E-state index is 0.0269. The van der Waals surface area contributed by atoms with E-state index in [1.807, 2.05) is 127 Å². The Hall–Kier alpha value is -5.46. The summed E-state index contributed by atoms with van der Waals surface area (Å²) < 4.78 is 18.3. The number of amides is 3. The zero-order valence-corrected chi connectivity index (χ0v) is 32.5. The molecule has 1 saturated heterocycles. The van der Waals surface area contributed by atoms with Crippen LogP contribution in [0.3, 0.4) is 0 Å². The van der Waals surface area contributed by atoms with Crippen molar-refractivity contribution < 1.29 is 33.7 Å². The van der Waals surface area contributed by atoms with Crippen LogP contribution in [-0.4, -0.2) is 48.0 Å². The van der Waals surface area contributed by atoms with Gasteiger partial charge < -0.3 is 35.3 Å². The Bertz CT molecular complexity index is 2060. The van der Waals surface area contributed by atoms with Gasteiger partial charge in [0.15, 0.2) is 6.29 Å². The molecule has 0 saturated carbocycles. The maximum atomic E-state index is 12.8. The van der Waals surface area contributed by atoms with Crippen LogP contribution >= 0.6 is 11.8 Å². The number of carbonyl (C=O) groups excluding carboxylic acids is 3. The fraction of sp³-hybridized carbons (Fsp3) is 0.267. The summed E-state index contributed by atoms with van der Waals surface area (Å²) in [5.41, 5.74) is 7.27. The number of benzene rings is 5. The van der Waals surface area contributed by atoms with Gasteiger partial charge in [0.25, 0.3) is 0 Å². The third kappa shape index (κ3) is 10.9. The molecule has 10 nitrogen and oxygen atoms in total. The number of esters is 1. The average Bonchev–Trinajstić information content (AvgIpc) is 3.23. The quantitative estimate of drug-likeness (QED) is 0.0660. The first kappa shape index (κ1) is 40.2. The Balaban J connectivity index is 1.12. The molecule has 0 bridgehead atoms. The van der Waals surface area contributed by atoms with Crippen molar-refractivity contribution in [2.45, 2.75) is 62.9 Å². The monoisotopic (exact) mass is 773 g/mol. The number of aliphatic hydroxyl groups is 1. The van der Waals surface area contributed by atoms with Gasteiger partial charge in [-0.1, -0.05) is 104 Å². The fourth-order valence-electron chi connectivity index (χ4n) is 6.60. The van der Waals surface area contributed by atoms with Crippen molar-refractivity contribution in [2.24, 2.45) is 5.92 Å². The van der Waals surface area contributed by atoms with Gasteiger partial charge in [-0.15, -0.1) is 11.8 Å². The number of urea groups is 1. The lowest BCUT2D eigenvalue weighted by atomic mass is 9.91. The summed E-state index contributed by atoms with van der Waals surface area (Å²) in [4.78, 5) is 37.8. The molecule has 11 heteroatoms. The maximum absolute atomic E-state index is 12.8. The second-order valence-corrected chi connectivity index (χ2v) is 14.8. The normalized spacial score (nSPS) is 18.4. The molecule has 290 valence electrons. The zero-order chi connectivity index (χ0) is 39.4. The first-order chi connectivity index (χ1) is 27.2. The molecule has 6 rings (SSSR count). The van der Waals surface area contributed by atoms with Crippen molar-refractivity contribution in [2.75, 3.05) is 18.2 Å². The number of ether oxygens (including phenoxy) is 3. The molecule has 0 aliphatic carbocycles. The smallest absolute Gasteiger partial charge is 0.328 e. The number of hydrogen-bond acceptors (Lipinski definition) is 8. The van der Waals surface area contributed by atoms with Crippen molar-refractivity contribution in [3.05, 3.63) is 155 Å². The van der Waals surface area contributed by atoms with E-state index >= 15 is 0 Å². The van der Waals surface area contributed by atoms with Gasteiger partial charge in [-0.25, -0.2) is 9.59 Å². The molecule has 5 atom stereocenters. The van der Waals surface area contributed by atoms with Crippen molar-refractivity contribution in [1.82, 2.24) is 10.6 Å². The van der Waals surface area contributed by atoms with Gasteiger partial charge >= 0.3 is 12.0 Å². The molecular formula is C45H47N3O7S. The zero-order valence-electron chi connectivity index (χ0n) is 31.6. The van der Waals surface area contributed by atoms with Gasteiger partial charge in [0.1, 0.15) is 6.04 Å². The summed E-state index contributed by atoms with van der Waals surface area (Å²) in [7, 11) is 1.31. The Morgan fingerprint density at radius 1 is 0.786 bits per heavy atom. The van der Waals surface area contributed by atoms with Crippen LogP contribution in [0.1, 0.15) is 54.1 Å². The predicted molar refractivity (Wildman–Crippen MR) is 218 cm³/mol. The first-order valence-electron chi connectivity index (χ1n) is 18.6. The van der Waals surface area contributed by atoms with Crippen LogP contribution in [0.5, 0.6) is 0 Å². The van der Waals surface area contributed by atoms with Crippen LogP contribution in [0, 0.1) is 5.92 Å². The van der Waals surface area contributed by atoms with Crippen LogP contribution in [0.4, 0.5) is 10.5 Å². The van der Waals surface area contributed by atoms with E-state index in [0.717, 1.165) is 49.5 Å². The van der Waals surface area contributed by atoms with E-state index in [9.17, 15) is 19.5 Å².